The fraction of sp³-hybridized carbons (Fsp3) is 0.185. The number of ether oxygens (including phenoxy) is 2. The standard InChI is InChI=1S/C27H24IN3O2/c1-16-5-7-19(8-6-16)15-33-26-22(28)12-20(13-25(26)32-4)11-21(14-29)27-30-23-9-17(2)18(3)10-24(23)31-27/h5-13H,15H2,1-4H3,(H,30,31)/b21-11-. The predicted octanol–water partition coefficient (Wildman–Crippen LogP) is 6.74. The van der Waals surface area contributed by atoms with Crippen molar-refractivity contribution in [3.63, 3.8) is 0 Å². The first-order valence-corrected chi connectivity index (χ1v) is 11.6. The van der Waals surface area contributed by atoms with Crippen molar-refractivity contribution in [3.05, 3.63) is 85.7 Å². The van der Waals surface area contributed by atoms with Crippen LogP contribution in [0.25, 0.3) is 22.7 Å². The van der Waals surface area contributed by atoms with Crippen molar-refractivity contribution < 1.29 is 9.47 Å². The van der Waals surface area contributed by atoms with Crippen LogP contribution < -0.4 is 9.47 Å². The molecule has 0 saturated heterocycles. The molecule has 0 aliphatic heterocycles. The molecular formula is C27H24IN3O2. The van der Waals surface area contributed by atoms with Gasteiger partial charge in [-0.05, 0) is 96.0 Å². The van der Waals surface area contributed by atoms with Crippen LogP contribution in [0.2, 0.25) is 0 Å². The molecule has 0 spiro atoms. The zero-order valence-electron chi connectivity index (χ0n) is 19.0. The van der Waals surface area contributed by atoms with Gasteiger partial charge in [-0.25, -0.2) is 4.98 Å². The van der Waals surface area contributed by atoms with Crippen LogP contribution in [-0.2, 0) is 6.61 Å². The molecule has 0 bridgehead atoms. The minimum atomic E-state index is 0.448. The highest BCUT2D eigenvalue weighted by Crippen LogP contribution is 2.35. The average molecular weight is 549 g/mol. The summed E-state index contributed by atoms with van der Waals surface area (Å²) < 4.78 is 12.6. The van der Waals surface area contributed by atoms with Crippen molar-refractivity contribution in [1.82, 2.24) is 9.97 Å². The number of hydrogen-bond acceptors (Lipinski definition) is 4. The number of methoxy groups -OCH3 is 1. The van der Waals surface area contributed by atoms with E-state index in [9.17, 15) is 5.26 Å². The first-order chi connectivity index (χ1) is 15.9. The van der Waals surface area contributed by atoms with Gasteiger partial charge in [0.15, 0.2) is 11.5 Å². The summed E-state index contributed by atoms with van der Waals surface area (Å²) in [6.07, 6.45) is 1.81. The molecule has 0 saturated carbocycles. The van der Waals surface area contributed by atoms with Crippen molar-refractivity contribution in [1.29, 1.82) is 5.26 Å². The van der Waals surface area contributed by atoms with Crippen LogP contribution in [0, 0.1) is 35.7 Å². The second-order valence-electron chi connectivity index (χ2n) is 8.02. The summed E-state index contributed by atoms with van der Waals surface area (Å²) >= 11 is 2.23. The topological polar surface area (TPSA) is 70.9 Å². The quantitative estimate of drug-likeness (QED) is 0.214. The lowest BCUT2D eigenvalue weighted by Gasteiger charge is -2.14. The molecule has 0 aliphatic rings. The van der Waals surface area contributed by atoms with Gasteiger partial charge in [-0.1, -0.05) is 29.8 Å². The lowest BCUT2D eigenvalue weighted by Crippen LogP contribution is -2.00. The molecule has 5 nitrogen and oxygen atoms in total. The third kappa shape index (κ3) is 5.04. The summed E-state index contributed by atoms with van der Waals surface area (Å²) in [7, 11) is 1.62. The molecule has 33 heavy (non-hydrogen) atoms. The van der Waals surface area contributed by atoms with Crippen LogP contribution >= 0.6 is 22.6 Å². The second kappa shape index (κ2) is 9.67. The Kier molecular flexibility index (Phi) is 6.70. The number of H-pyrrole nitrogens is 1. The van der Waals surface area contributed by atoms with Crippen LogP contribution in [0.1, 0.15) is 33.6 Å². The number of aromatic nitrogens is 2. The zero-order chi connectivity index (χ0) is 23.5. The fourth-order valence-electron chi connectivity index (χ4n) is 3.52. The Balaban J connectivity index is 1.64. The molecule has 1 heterocycles. The lowest BCUT2D eigenvalue weighted by molar-refractivity contribution is 0.282. The Morgan fingerprint density at radius 1 is 1.09 bits per heavy atom. The minimum Gasteiger partial charge on any atom is -0.493 e. The van der Waals surface area contributed by atoms with E-state index >= 15 is 0 Å². The number of fused-ring (bicyclic) bond motifs is 1. The van der Waals surface area contributed by atoms with E-state index in [4.69, 9.17) is 9.47 Å². The van der Waals surface area contributed by atoms with Crippen LogP contribution in [0.15, 0.2) is 48.5 Å². The lowest BCUT2D eigenvalue weighted by atomic mass is 10.1. The first-order valence-electron chi connectivity index (χ1n) is 10.5. The van der Waals surface area contributed by atoms with E-state index in [0.29, 0.717) is 29.5 Å². The smallest absolute Gasteiger partial charge is 0.174 e. The van der Waals surface area contributed by atoms with Crippen LogP contribution in [-0.4, -0.2) is 17.1 Å². The Morgan fingerprint density at radius 2 is 1.82 bits per heavy atom. The number of halogens is 1. The number of allylic oxidation sites excluding steroid dienone is 1. The number of hydrogen-bond donors (Lipinski definition) is 1. The summed E-state index contributed by atoms with van der Waals surface area (Å²) in [5.41, 5.74) is 7.71. The van der Waals surface area contributed by atoms with Crippen molar-refractivity contribution in [2.45, 2.75) is 27.4 Å². The maximum absolute atomic E-state index is 9.82. The van der Waals surface area contributed by atoms with Gasteiger partial charge in [-0.15, -0.1) is 0 Å². The number of nitrogens with zero attached hydrogens (tertiary/aromatic N) is 2. The molecule has 4 rings (SSSR count). The van der Waals surface area contributed by atoms with Crippen molar-refractivity contribution in [2.24, 2.45) is 0 Å². The number of imidazole rings is 1. The molecule has 4 aromatic rings. The molecule has 3 aromatic carbocycles. The first kappa shape index (κ1) is 22.9. The maximum atomic E-state index is 9.82. The minimum absolute atomic E-state index is 0.448. The second-order valence-corrected chi connectivity index (χ2v) is 9.18. The largest absolute Gasteiger partial charge is 0.493 e. The molecular weight excluding hydrogens is 525 g/mol. The van der Waals surface area contributed by atoms with Gasteiger partial charge in [0.25, 0.3) is 0 Å². The Labute approximate surface area is 207 Å². The monoisotopic (exact) mass is 549 g/mol. The highest BCUT2D eigenvalue weighted by Gasteiger charge is 2.14. The van der Waals surface area contributed by atoms with Gasteiger partial charge in [-0.3, -0.25) is 0 Å². The Bertz CT molecular complexity index is 1360. The fourth-order valence-corrected chi connectivity index (χ4v) is 4.30. The normalized spacial score (nSPS) is 11.5. The molecule has 0 fully saturated rings. The average Bonchev–Trinajstić information content (AvgIpc) is 3.20. The highest BCUT2D eigenvalue weighted by atomic mass is 127. The molecule has 0 unspecified atom stereocenters. The van der Waals surface area contributed by atoms with E-state index in [-0.39, 0.29) is 0 Å². The number of nitrogens with one attached hydrogen (secondary N) is 1. The summed E-state index contributed by atoms with van der Waals surface area (Å²) in [5, 5.41) is 9.82. The van der Waals surface area contributed by atoms with Crippen LogP contribution in [0.4, 0.5) is 0 Å². The van der Waals surface area contributed by atoms with Gasteiger partial charge in [0.05, 0.1) is 27.3 Å². The van der Waals surface area contributed by atoms with Gasteiger partial charge in [-0.2, -0.15) is 5.26 Å². The van der Waals surface area contributed by atoms with Crippen LogP contribution in [0.5, 0.6) is 11.5 Å². The van der Waals surface area contributed by atoms with E-state index < -0.39 is 0 Å². The number of aromatic amines is 1. The van der Waals surface area contributed by atoms with Crippen molar-refractivity contribution >= 4 is 45.3 Å². The summed E-state index contributed by atoms with van der Waals surface area (Å²) in [5.74, 6) is 1.85. The van der Waals surface area contributed by atoms with Gasteiger partial charge < -0.3 is 14.5 Å². The number of rotatable bonds is 6. The van der Waals surface area contributed by atoms with E-state index in [1.54, 1.807) is 7.11 Å². The summed E-state index contributed by atoms with van der Waals surface area (Å²) in [6.45, 7) is 6.63. The van der Waals surface area contributed by atoms with Gasteiger partial charge in [0.2, 0.25) is 0 Å². The molecule has 0 atom stereocenters. The molecule has 1 aromatic heterocycles. The molecule has 0 amide bonds. The van der Waals surface area contributed by atoms with Crippen molar-refractivity contribution in [2.75, 3.05) is 7.11 Å². The Morgan fingerprint density at radius 3 is 2.52 bits per heavy atom. The van der Waals surface area contributed by atoms with Gasteiger partial charge >= 0.3 is 0 Å². The van der Waals surface area contributed by atoms with Crippen molar-refractivity contribution in [3.8, 4) is 17.6 Å². The van der Waals surface area contributed by atoms with E-state index in [0.717, 1.165) is 25.7 Å². The SMILES string of the molecule is COc1cc(/C=C(/C#N)c2nc3cc(C)c(C)cc3[nH]2)cc(I)c1OCc1ccc(C)cc1. The van der Waals surface area contributed by atoms with Gasteiger partial charge in [0.1, 0.15) is 18.5 Å². The Hall–Kier alpha value is -3.31. The third-order valence-electron chi connectivity index (χ3n) is 5.54. The molecule has 0 radical (unpaired) electrons. The third-order valence-corrected chi connectivity index (χ3v) is 6.34. The summed E-state index contributed by atoms with van der Waals surface area (Å²) in [6, 6.07) is 18.5. The zero-order valence-corrected chi connectivity index (χ0v) is 21.1. The molecule has 166 valence electrons. The maximum Gasteiger partial charge on any atom is 0.174 e. The molecule has 6 heteroatoms. The van der Waals surface area contributed by atoms with E-state index in [1.165, 1.54) is 16.7 Å². The molecule has 0 aliphatic carbocycles. The number of aryl methyl sites for hydroxylation is 3. The van der Waals surface area contributed by atoms with E-state index in [1.807, 2.05) is 24.3 Å². The predicted molar refractivity (Wildman–Crippen MR) is 140 cm³/mol. The highest BCUT2D eigenvalue weighted by molar-refractivity contribution is 14.1. The molecule has 1 N–H and O–H groups in total. The van der Waals surface area contributed by atoms with Crippen LogP contribution in [0.3, 0.4) is 0 Å². The number of benzene rings is 3. The van der Waals surface area contributed by atoms with E-state index in [2.05, 4.69) is 89.7 Å². The summed E-state index contributed by atoms with van der Waals surface area (Å²) in [4.78, 5) is 7.90. The van der Waals surface area contributed by atoms with Gasteiger partial charge in [0, 0.05) is 0 Å². The number of nitriles is 1.